The van der Waals surface area contributed by atoms with Gasteiger partial charge in [-0.1, -0.05) is 11.6 Å². The highest BCUT2D eigenvalue weighted by Crippen LogP contribution is 2.12. The van der Waals surface area contributed by atoms with Gasteiger partial charge in [0.15, 0.2) is 5.69 Å². The Hall–Kier alpha value is -2.15. The van der Waals surface area contributed by atoms with Crippen molar-refractivity contribution in [3.05, 3.63) is 29.3 Å². The van der Waals surface area contributed by atoms with E-state index in [1.54, 1.807) is 0 Å². The van der Waals surface area contributed by atoms with E-state index < -0.39 is 5.97 Å². The van der Waals surface area contributed by atoms with Crippen LogP contribution >= 0.6 is 11.6 Å². The number of halogens is 1. The Kier molecular flexibility index (Phi) is 2.45. The molecule has 0 radical (unpaired) electrons. The Balaban J connectivity index is 2.45. The highest BCUT2D eigenvalue weighted by atomic mass is 35.5. The molecule has 0 atom stereocenters. The zero-order valence-corrected chi connectivity index (χ0v) is 8.59. The topological polar surface area (TPSA) is 107 Å². The highest BCUT2D eigenvalue weighted by molar-refractivity contribution is 6.30. The summed E-state index contributed by atoms with van der Waals surface area (Å²) in [5.41, 5.74) is 5.27. The van der Waals surface area contributed by atoms with Gasteiger partial charge in [-0.2, -0.15) is 5.10 Å². The second-order valence-electron chi connectivity index (χ2n) is 2.88. The van der Waals surface area contributed by atoms with Crippen LogP contribution in [-0.2, 0) is 0 Å². The summed E-state index contributed by atoms with van der Waals surface area (Å²) in [4.78, 5) is 18.4. The van der Waals surface area contributed by atoms with E-state index in [0.717, 1.165) is 0 Å². The number of rotatable bonds is 2. The smallest absolute Gasteiger partial charge is 0.358 e. The number of aromatic carboxylic acids is 1. The second kappa shape index (κ2) is 3.78. The molecule has 2 heterocycles. The molecule has 0 fully saturated rings. The van der Waals surface area contributed by atoms with Crippen LogP contribution in [0.2, 0.25) is 5.02 Å². The maximum atomic E-state index is 10.7. The lowest BCUT2D eigenvalue weighted by Crippen LogP contribution is -2.04. The first-order valence-electron chi connectivity index (χ1n) is 4.14. The summed E-state index contributed by atoms with van der Waals surface area (Å²) in [5, 5.41) is 12.9. The zero-order chi connectivity index (χ0) is 11.7. The molecular formula is C8H6ClN5O2. The highest BCUT2D eigenvalue weighted by Gasteiger charge is 2.14. The molecule has 16 heavy (non-hydrogen) atoms. The molecule has 82 valence electrons. The van der Waals surface area contributed by atoms with Crippen molar-refractivity contribution in [1.29, 1.82) is 0 Å². The fraction of sp³-hybridized carbons (Fsp3) is 0. The van der Waals surface area contributed by atoms with E-state index in [2.05, 4.69) is 15.1 Å². The Morgan fingerprint density at radius 3 is 2.56 bits per heavy atom. The lowest BCUT2D eigenvalue weighted by atomic mass is 10.4. The number of hydrogen-bond acceptors (Lipinski definition) is 5. The zero-order valence-electron chi connectivity index (χ0n) is 7.83. The molecular weight excluding hydrogens is 234 g/mol. The quantitative estimate of drug-likeness (QED) is 0.795. The van der Waals surface area contributed by atoms with Crippen LogP contribution in [0.4, 0.5) is 5.69 Å². The van der Waals surface area contributed by atoms with Gasteiger partial charge in [-0.15, -0.1) is 0 Å². The molecule has 0 aliphatic carbocycles. The number of nitrogens with two attached hydrogens (primary N) is 1. The van der Waals surface area contributed by atoms with Crippen LogP contribution in [-0.4, -0.2) is 30.8 Å². The Morgan fingerprint density at radius 1 is 1.44 bits per heavy atom. The minimum atomic E-state index is -1.20. The third kappa shape index (κ3) is 1.80. The standard InChI is InChI=1S/C8H6ClN5O2/c9-4-1-11-8(12-2-4)14-3-5(10)6(13-14)7(15)16/h1-3H,10H2,(H,15,16). The monoisotopic (exact) mass is 239 g/mol. The molecule has 2 rings (SSSR count). The molecule has 0 saturated heterocycles. The average molecular weight is 240 g/mol. The molecule has 3 N–H and O–H groups in total. The third-order valence-electron chi connectivity index (χ3n) is 1.76. The van der Waals surface area contributed by atoms with Crippen molar-refractivity contribution < 1.29 is 9.90 Å². The molecule has 2 aromatic rings. The molecule has 8 heteroatoms. The van der Waals surface area contributed by atoms with Gasteiger partial charge in [0.2, 0.25) is 0 Å². The summed E-state index contributed by atoms with van der Waals surface area (Å²) < 4.78 is 1.18. The van der Waals surface area contributed by atoms with Crippen molar-refractivity contribution in [2.45, 2.75) is 0 Å². The van der Waals surface area contributed by atoms with Crippen molar-refractivity contribution in [1.82, 2.24) is 19.7 Å². The number of carboxylic acids is 1. The van der Waals surface area contributed by atoms with E-state index in [1.807, 2.05) is 0 Å². The Morgan fingerprint density at radius 2 is 2.06 bits per heavy atom. The van der Waals surface area contributed by atoms with Gasteiger partial charge in [-0.05, 0) is 0 Å². The van der Waals surface area contributed by atoms with E-state index in [1.165, 1.54) is 23.3 Å². The van der Waals surface area contributed by atoms with Gasteiger partial charge in [0.05, 0.1) is 29.3 Å². The number of nitrogens with zero attached hydrogens (tertiary/aromatic N) is 4. The van der Waals surface area contributed by atoms with Crippen molar-refractivity contribution >= 4 is 23.3 Å². The van der Waals surface area contributed by atoms with Gasteiger partial charge < -0.3 is 10.8 Å². The number of hydrogen-bond donors (Lipinski definition) is 2. The summed E-state index contributed by atoms with van der Waals surface area (Å²) in [5.74, 6) is -1.01. The maximum Gasteiger partial charge on any atom is 0.358 e. The van der Waals surface area contributed by atoms with E-state index in [0.29, 0.717) is 5.02 Å². The first kappa shape index (κ1) is 10.4. The van der Waals surface area contributed by atoms with Crippen LogP contribution in [0.3, 0.4) is 0 Å². The lowest BCUT2D eigenvalue weighted by Gasteiger charge is -1.97. The second-order valence-corrected chi connectivity index (χ2v) is 3.32. The van der Waals surface area contributed by atoms with Crippen LogP contribution in [0.5, 0.6) is 0 Å². The molecule has 0 saturated carbocycles. The first-order valence-corrected chi connectivity index (χ1v) is 4.52. The van der Waals surface area contributed by atoms with E-state index in [9.17, 15) is 4.79 Å². The third-order valence-corrected chi connectivity index (χ3v) is 1.95. The van der Waals surface area contributed by atoms with Crippen LogP contribution in [0.1, 0.15) is 10.5 Å². The lowest BCUT2D eigenvalue weighted by molar-refractivity contribution is 0.0691. The molecule has 0 spiro atoms. The Labute approximate surface area is 94.5 Å². The predicted octanol–water partition coefficient (Wildman–Crippen LogP) is 0.596. The maximum absolute atomic E-state index is 10.7. The molecule has 0 aliphatic rings. The summed E-state index contributed by atoms with van der Waals surface area (Å²) >= 11 is 5.61. The van der Waals surface area contributed by atoms with Crippen LogP contribution < -0.4 is 5.73 Å². The van der Waals surface area contributed by atoms with Gasteiger partial charge in [-0.3, -0.25) is 0 Å². The molecule has 0 aromatic carbocycles. The van der Waals surface area contributed by atoms with Crippen molar-refractivity contribution in [3.8, 4) is 5.95 Å². The van der Waals surface area contributed by atoms with Gasteiger partial charge >= 0.3 is 5.97 Å². The Bertz CT molecular complexity index is 536. The summed E-state index contributed by atoms with van der Waals surface area (Å²) in [6.07, 6.45) is 4.08. The SMILES string of the molecule is Nc1cn(-c2ncc(Cl)cn2)nc1C(=O)O. The fourth-order valence-electron chi connectivity index (χ4n) is 1.08. The van der Waals surface area contributed by atoms with Gasteiger partial charge in [-0.25, -0.2) is 19.4 Å². The van der Waals surface area contributed by atoms with E-state index >= 15 is 0 Å². The van der Waals surface area contributed by atoms with Crippen LogP contribution in [0.15, 0.2) is 18.6 Å². The van der Waals surface area contributed by atoms with Crippen molar-refractivity contribution in [2.75, 3.05) is 5.73 Å². The minimum absolute atomic E-state index is 0.0473. The number of nitrogen functional groups attached to an aromatic ring is 1. The average Bonchev–Trinajstić information content (AvgIpc) is 2.61. The van der Waals surface area contributed by atoms with E-state index in [-0.39, 0.29) is 17.3 Å². The summed E-state index contributed by atoms with van der Waals surface area (Å²) in [7, 11) is 0. The largest absolute Gasteiger partial charge is 0.476 e. The number of carbonyl (C=O) groups is 1. The van der Waals surface area contributed by atoms with Crippen LogP contribution in [0, 0.1) is 0 Å². The van der Waals surface area contributed by atoms with Gasteiger partial charge in [0, 0.05) is 0 Å². The van der Waals surface area contributed by atoms with Crippen molar-refractivity contribution in [2.24, 2.45) is 0 Å². The fourth-order valence-corrected chi connectivity index (χ4v) is 1.18. The molecule has 2 aromatic heterocycles. The molecule has 7 nitrogen and oxygen atoms in total. The molecule has 0 bridgehead atoms. The molecule has 0 unspecified atom stereocenters. The minimum Gasteiger partial charge on any atom is -0.476 e. The predicted molar refractivity (Wildman–Crippen MR) is 55.5 cm³/mol. The molecule has 0 amide bonds. The van der Waals surface area contributed by atoms with Gasteiger partial charge in [0.1, 0.15) is 0 Å². The first-order chi connectivity index (χ1) is 7.58. The van der Waals surface area contributed by atoms with E-state index in [4.69, 9.17) is 22.4 Å². The summed E-state index contributed by atoms with van der Waals surface area (Å²) in [6, 6.07) is 0. The molecule has 0 aliphatic heterocycles. The normalized spacial score (nSPS) is 10.3. The number of carboxylic acid groups (broad SMARTS) is 1. The number of anilines is 1. The number of aromatic nitrogens is 4. The summed E-state index contributed by atoms with van der Waals surface area (Å²) in [6.45, 7) is 0. The van der Waals surface area contributed by atoms with Crippen molar-refractivity contribution in [3.63, 3.8) is 0 Å². The van der Waals surface area contributed by atoms with Crippen LogP contribution in [0.25, 0.3) is 5.95 Å². The van der Waals surface area contributed by atoms with Gasteiger partial charge in [0.25, 0.3) is 5.95 Å².